The Morgan fingerprint density at radius 2 is 2.00 bits per heavy atom. The average molecular weight is 340 g/mol. The first-order valence-corrected chi connectivity index (χ1v) is 7.17. The third-order valence-corrected chi connectivity index (χ3v) is 3.36. The van der Waals surface area contributed by atoms with Crippen molar-refractivity contribution in [2.24, 2.45) is 0 Å². The van der Waals surface area contributed by atoms with Gasteiger partial charge in [0.15, 0.2) is 10.9 Å². The summed E-state index contributed by atoms with van der Waals surface area (Å²) in [7, 11) is 0. The molecule has 0 aliphatic heterocycles. The molecule has 2 rings (SSSR count). The summed E-state index contributed by atoms with van der Waals surface area (Å²) in [5.74, 6) is -0.136. The first kappa shape index (κ1) is 15.7. The number of anilines is 1. The summed E-state index contributed by atoms with van der Waals surface area (Å²) in [6.45, 7) is 0.0522. The zero-order valence-corrected chi connectivity index (χ0v) is 13.1. The molecule has 0 radical (unpaired) electrons. The maximum atomic E-state index is 12.0. The number of pyridine rings is 1. The molecule has 0 fully saturated rings. The number of hydrogen-bond acceptors (Lipinski definition) is 3. The van der Waals surface area contributed by atoms with Crippen molar-refractivity contribution in [3.63, 3.8) is 0 Å². The van der Waals surface area contributed by atoms with Gasteiger partial charge in [0.25, 0.3) is 0 Å². The van der Waals surface area contributed by atoms with Crippen LogP contribution in [0.5, 0.6) is 0 Å². The molecule has 1 heterocycles. The molecule has 0 aliphatic rings. The minimum atomic E-state index is -0.136. The number of rotatable bonds is 4. The highest BCUT2D eigenvalue weighted by Crippen LogP contribution is 2.20. The standard InChI is InChI=1S/C14H11Cl2N3OS/c15-10-3-1-2-4-11(10)19-14(21)18-8-12(20)9-5-6-17-13(16)7-9/h1-7H,8H2,(H2,18,19,21). The van der Waals surface area contributed by atoms with Crippen molar-refractivity contribution in [3.05, 3.63) is 58.3 Å². The lowest BCUT2D eigenvalue weighted by Crippen LogP contribution is -2.33. The maximum absolute atomic E-state index is 12.0. The fraction of sp³-hybridized carbons (Fsp3) is 0.0714. The minimum Gasteiger partial charge on any atom is -0.355 e. The summed E-state index contributed by atoms with van der Waals surface area (Å²) >= 11 is 16.9. The fourth-order valence-corrected chi connectivity index (χ4v) is 2.11. The zero-order valence-electron chi connectivity index (χ0n) is 10.8. The van der Waals surface area contributed by atoms with Gasteiger partial charge in [0, 0.05) is 11.8 Å². The van der Waals surface area contributed by atoms with Crippen molar-refractivity contribution < 1.29 is 4.79 Å². The number of hydrogen-bond donors (Lipinski definition) is 2. The van der Waals surface area contributed by atoms with Crippen LogP contribution in [0.15, 0.2) is 42.6 Å². The molecule has 1 aromatic carbocycles. The number of nitrogens with one attached hydrogen (secondary N) is 2. The lowest BCUT2D eigenvalue weighted by Gasteiger charge is -2.11. The molecule has 4 nitrogen and oxygen atoms in total. The lowest BCUT2D eigenvalue weighted by atomic mass is 10.2. The number of carbonyl (C=O) groups is 1. The monoisotopic (exact) mass is 339 g/mol. The van der Waals surface area contributed by atoms with Crippen molar-refractivity contribution in [2.75, 3.05) is 11.9 Å². The third-order valence-electron chi connectivity index (χ3n) is 2.58. The van der Waals surface area contributed by atoms with Crippen LogP contribution < -0.4 is 10.6 Å². The van der Waals surface area contributed by atoms with Crippen LogP contribution in [0.25, 0.3) is 0 Å². The van der Waals surface area contributed by atoms with Gasteiger partial charge in [-0.05, 0) is 36.5 Å². The van der Waals surface area contributed by atoms with Gasteiger partial charge in [-0.2, -0.15) is 0 Å². The topological polar surface area (TPSA) is 54.0 Å². The van der Waals surface area contributed by atoms with Gasteiger partial charge in [0.05, 0.1) is 17.3 Å². The largest absolute Gasteiger partial charge is 0.355 e. The minimum absolute atomic E-state index is 0.0522. The quantitative estimate of drug-likeness (QED) is 0.506. The number of ketones is 1. The molecule has 2 aromatic rings. The third kappa shape index (κ3) is 4.67. The number of benzene rings is 1. The molecule has 0 atom stereocenters. The van der Waals surface area contributed by atoms with Crippen molar-refractivity contribution in [1.29, 1.82) is 0 Å². The van der Waals surface area contributed by atoms with Gasteiger partial charge in [0.2, 0.25) is 0 Å². The zero-order chi connectivity index (χ0) is 15.2. The second-order valence-electron chi connectivity index (χ2n) is 4.08. The number of Topliss-reactive ketones (excluding diaryl/α,β-unsaturated/α-hetero) is 1. The van der Waals surface area contributed by atoms with E-state index in [1.54, 1.807) is 18.2 Å². The second kappa shape index (κ2) is 7.36. The molecule has 0 amide bonds. The molecule has 0 unspecified atom stereocenters. The number of thiocarbonyl (C=S) groups is 1. The van der Waals surface area contributed by atoms with Crippen LogP contribution in [0.2, 0.25) is 10.2 Å². The van der Waals surface area contributed by atoms with Crippen LogP contribution in [0.3, 0.4) is 0 Å². The molecule has 0 bridgehead atoms. The number of aromatic nitrogens is 1. The van der Waals surface area contributed by atoms with Gasteiger partial charge in [-0.1, -0.05) is 35.3 Å². The maximum Gasteiger partial charge on any atom is 0.182 e. The van der Waals surface area contributed by atoms with Gasteiger partial charge in [-0.25, -0.2) is 4.98 Å². The molecule has 1 aromatic heterocycles. The Morgan fingerprint density at radius 3 is 2.71 bits per heavy atom. The Balaban J connectivity index is 1.90. The Labute approximate surface area is 137 Å². The van der Waals surface area contributed by atoms with E-state index in [0.717, 1.165) is 0 Å². The highest BCUT2D eigenvalue weighted by molar-refractivity contribution is 7.80. The molecule has 7 heteroatoms. The van der Waals surface area contributed by atoms with Crippen LogP contribution in [0.1, 0.15) is 10.4 Å². The first-order valence-electron chi connectivity index (χ1n) is 6.00. The highest BCUT2D eigenvalue weighted by Gasteiger charge is 2.08. The van der Waals surface area contributed by atoms with E-state index in [1.807, 2.05) is 12.1 Å². The van der Waals surface area contributed by atoms with Crippen molar-refractivity contribution in [1.82, 2.24) is 10.3 Å². The normalized spacial score (nSPS) is 10.0. The Hall–Kier alpha value is -1.69. The summed E-state index contributed by atoms with van der Waals surface area (Å²) in [5.41, 5.74) is 1.15. The average Bonchev–Trinajstić information content (AvgIpc) is 2.47. The van der Waals surface area contributed by atoms with Gasteiger partial charge in [0.1, 0.15) is 5.15 Å². The molecule has 0 saturated carbocycles. The van der Waals surface area contributed by atoms with E-state index in [-0.39, 0.29) is 17.5 Å². The van der Waals surface area contributed by atoms with E-state index in [1.165, 1.54) is 12.3 Å². The van der Waals surface area contributed by atoms with Crippen LogP contribution >= 0.6 is 35.4 Å². The van der Waals surface area contributed by atoms with E-state index in [4.69, 9.17) is 35.4 Å². The summed E-state index contributed by atoms with van der Waals surface area (Å²) in [6, 6.07) is 10.3. The number of halogens is 2. The highest BCUT2D eigenvalue weighted by atomic mass is 35.5. The van der Waals surface area contributed by atoms with Gasteiger partial charge in [-0.3, -0.25) is 4.79 Å². The number of carbonyl (C=O) groups excluding carboxylic acids is 1. The first-order chi connectivity index (χ1) is 10.1. The molecule has 21 heavy (non-hydrogen) atoms. The van der Waals surface area contributed by atoms with Crippen molar-refractivity contribution >= 4 is 52.0 Å². The predicted octanol–water partition coefficient (Wildman–Crippen LogP) is 3.56. The molecule has 108 valence electrons. The molecule has 0 spiro atoms. The van der Waals surface area contributed by atoms with Crippen molar-refractivity contribution in [3.8, 4) is 0 Å². The summed E-state index contributed by atoms with van der Waals surface area (Å²) in [6.07, 6.45) is 1.48. The molecule has 0 saturated heterocycles. The lowest BCUT2D eigenvalue weighted by molar-refractivity contribution is 0.0996. The van der Waals surface area contributed by atoms with Gasteiger partial charge in [-0.15, -0.1) is 0 Å². The van der Waals surface area contributed by atoms with Gasteiger partial charge < -0.3 is 10.6 Å². The fourth-order valence-electron chi connectivity index (χ4n) is 1.57. The van der Waals surface area contributed by atoms with E-state index in [2.05, 4.69) is 15.6 Å². The Bertz CT molecular complexity index is 679. The van der Waals surface area contributed by atoms with E-state index >= 15 is 0 Å². The molecular weight excluding hydrogens is 329 g/mol. The predicted molar refractivity (Wildman–Crippen MR) is 89.3 cm³/mol. The van der Waals surface area contributed by atoms with Gasteiger partial charge >= 0.3 is 0 Å². The van der Waals surface area contributed by atoms with E-state index < -0.39 is 0 Å². The molecular formula is C14H11Cl2N3OS. The smallest absolute Gasteiger partial charge is 0.182 e. The molecule has 0 aliphatic carbocycles. The Morgan fingerprint density at radius 1 is 1.24 bits per heavy atom. The van der Waals surface area contributed by atoms with Crippen LogP contribution in [0.4, 0.5) is 5.69 Å². The number of nitrogens with zero attached hydrogens (tertiary/aromatic N) is 1. The van der Waals surface area contributed by atoms with Crippen LogP contribution in [0, 0.1) is 0 Å². The van der Waals surface area contributed by atoms with Crippen LogP contribution in [-0.2, 0) is 0 Å². The Kier molecular flexibility index (Phi) is 5.50. The summed E-state index contributed by atoms with van der Waals surface area (Å²) in [4.78, 5) is 15.8. The molecule has 2 N–H and O–H groups in total. The van der Waals surface area contributed by atoms with E-state index in [0.29, 0.717) is 21.4 Å². The van der Waals surface area contributed by atoms with Crippen molar-refractivity contribution in [2.45, 2.75) is 0 Å². The SMILES string of the molecule is O=C(CNC(=S)Nc1ccccc1Cl)c1ccnc(Cl)c1. The second-order valence-corrected chi connectivity index (χ2v) is 5.28. The summed E-state index contributed by atoms with van der Waals surface area (Å²) in [5, 5.41) is 6.89. The summed E-state index contributed by atoms with van der Waals surface area (Å²) < 4.78 is 0. The number of para-hydroxylation sites is 1. The van der Waals surface area contributed by atoms with E-state index in [9.17, 15) is 4.79 Å². The van der Waals surface area contributed by atoms with Crippen LogP contribution in [-0.4, -0.2) is 22.4 Å².